The summed E-state index contributed by atoms with van der Waals surface area (Å²) >= 11 is 0. The number of piperidine rings is 1. The minimum Gasteiger partial charge on any atom is -0.478 e. The maximum atomic E-state index is 13.5. The van der Waals surface area contributed by atoms with E-state index >= 15 is 0 Å². The Morgan fingerprint density at radius 2 is 2.03 bits per heavy atom. The van der Waals surface area contributed by atoms with Crippen LogP contribution in [0.4, 0.5) is 30.6 Å². The Morgan fingerprint density at radius 1 is 1.26 bits per heavy atom. The van der Waals surface area contributed by atoms with Crippen LogP contribution in [-0.4, -0.2) is 68.0 Å². The maximum absolute atomic E-state index is 13.5. The van der Waals surface area contributed by atoms with Gasteiger partial charge in [-0.05, 0) is 33.1 Å². The molecule has 3 N–H and O–H groups in total. The van der Waals surface area contributed by atoms with Crippen LogP contribution in [0.3, 0.4) is 0 Å². The van der Waals surface area contributed by atoms with Gasteiger partial charge in [-0.2, -0.15) is 18.2 Å². The molecule has 0 saturated carbocycles. The molecule has 0 aromatic carbocycles. The van der Waals surface area contributed by atoms with E-state index in [0.717, 1.165) is 12.8 Å². The average molecular weight is 486 g/mol. The number of anilines is 3. The van der Waals surface area contributed by atoms with Crippen LogP contribution in [0.5, 0.6) is 5.88 Å². The molecule has 1 fully saturated rings. The number of aromatic nitrogens is 4. The molecule has 0 spiro atoms. The molecule has 13 heteroatoms. The van der Waals surface area contributed by atoms with E-state index in [4.69, 9.17) is 4.74 Å². The van der Waals surface area contributed by atoms with Crippen molar-refractivity contribution in [3.8, 4) is 5.88 Å². The van der Waals surface area contributed by atoms with Gasteiger partial charge in [-0.3, -0.25) is 9.48 Å². The van der Waals surface area contributed by atoms with Gasteiger partial charge < -0.3 is 25.4 Å². The molecule has 0 atom stereocenters. The Bertz CT molecular complexity index is 989. The highest BCUT2D eigenvalue weighted by Gasteiger charge is 2.35. The molecule has 10 nitrogen and oxygen atoms in total. The van der Waals surface area contributed by atoms with Crippen LogP contribution in [0.15, 0.2) is 12.4 Å². The van der Waals surface area contributed by atoms with Crippen molar-refractivity contribution in [2.24, 2.45) is 0 Å². The Labute approximate surface area is 195 Å². The molecule has 0 bridgehead atoms. The Morgan fingerprint density at radius 3 is 2.68 bits per heavy atom. The first-order chi connectivity index (χ1) is 16.0. The van der Waals surface area contributed by atoms with E-state index in [9.17, 15) is 23.1 Å². The summed E-state index contributed by atoms with van der Waals surface area (Å²) in [5.41, 5.74) is -1.69. The molecular formula is C21H30F3N7O3. The Balaban J connectivity index is 1.72. The van der Waals surface area contributed by atoms with Crippen molar-refractivity contribution < 1.29 is 27.8 Å². The van der Waals surface area contributed by atoms with Crippen molar-refractivity contribution in [2.75, 3.05) is 37.4 Å². The number of methoxy groups -OCH3 is 1. The second-order valence-electron chi connectivity index (χ2n) is 8.76. The lowest BCUT2D eigenvalue weighted by molar-refractivity contribution is -0.137. The molecule has 2 aromatic heterocycles. The number of amides is 1. The molecule has 34 heavy (non-hydrogen) atoms. The SMILES string of the molecule is COc1nn(CC(C)(C)O)cc1Nc1ncc(C(F)(F)F)c(NCCCN2CCCCC2=O)n1. The van der Waals surface area contributed by atoms with E-state index in [-0.39, 0.29) is 36.6 Å². The normalized spacial score (nSPS) is 14.9. The summed E-state index contributed by atoms with van der Waals surface area (Å²) in [6.45, 7) is 4.76. The van der Waals surface area contributed by atoms with Crippen LogP contribution in [0.25, 0.3) is 0 Å². The predicted octanol–water partition coefficient (Wildman–Crippen LogP) is 3.03. The third kappa shape index (κ3) is 6.95. The number of carbonyl (C=O) groups excluding carboxylic acids is 1. The molecule has 0 aliphatic carbocycles. The number of hydrogen-bond donors (Lipinski definition) is 3. The molecule has 1 aliphatic rings. The maximum Gasteiger partial charge on any atom is 0.421 e. The third-order valence-electron chi connectivity index (χ3n) is 5.13. The fourth-order valence-corrected chi connectivity index (χ4v) is 3.60. The Kier molecular flexibility index (Phi) is 7.85. The fraction of sp³-hybridized carbons (Fsp3) is 0.619. The van der Waals surface area contributed by atoms with Gasteiger partial charge in [0.1, 0.15) is 17.1 Å². The summed E-state index contributed by atoms with van der Waals surface area (Å²) in [5.74, 6) is -0.191. The number of ether oxygens (including phenoxy) is 1. The van der Waals surface area contributed by atoms with Crippen molar-refractivity contribution in [3.05, 3.63) is 18.0 Å². The second kappa shape index (κ2) is 10.5. The zero-order chi connectivity index (χ0) is 24.9. The lowest BCUT2D eigenvalue weighted by Crippen LogP contribution is -2.36. The smallest absolute Gasteiger partial charge is 0.421 e. The van der Waals surface area contributed by atoms with E-state index < -0.39 is 17.3 Å². The van der Waals surface area contributed by atoms with E-state index in [0.29, 0.717) is 37.8 Å². The van der Waals surface area contributed by atoms with E-state index in [2.05, 4.69) is 25.7 Å². The summed E-state index contributed by atoms with van der Waals surface area (Å²) in [6, 6.07) is 0. The minimum atomic E-state index is -4.64. The third-order valence-corrected chi connectivity index (χ3v) is 5.13. The average Bonchev–Trinajstić information content (AvgIpc) is 3.11. The second-order valence-corrected chi connectivity index (χ2v) is 8.76. The van der Waals surface area contributed by atoms with Crippen LogP contribution in [0.1, 0.15) is 45.1 Å². The lowest BCUT2D eigenvalue weighted by Gasteiger charge is -2.26. The summed E-state index contributed by atoms with van der Waals surface area (Å²) in [4.78, 5) is 21.4. The molecule has 3 rings (SSSR count). The number of alkyl halides is 3. The van der Waals surface area contributed by atoms with Crippen molar-refractivity contribution in [1.82, 2.24) is 24.6 Å². The van der Waals surface area contributed by atoms with Gasteiger partial charge in [0.15, 0.2) is 0 Å². The largest absolute Gasteiger partial charge is 0.478 e. The molecule has 0 unspecified atom stereocenters. The van der Waals surface area contributed by atoms with Crippen molar-refractivity contribution in [3.63, 3.8) is 0 Å². The van der Waals surface area contributed by atoms with Gasteiger partial charge in [0.2, 0.25) is 11.9 Å². The van der Waals surface area contributed by atoms with Gasteiger partial charge in [-0.15, -0.1) is 5.10 Å². The number of likely N-dealkylation sites (tertiary alicyclic amines) is 1. The van der Waals surface area contributed by atoms with Crippen LogP contribution < -0.4 is 15.4 Å². The zero-order valence-electron chi connectivity index (χ0n) is 19.4. The first-order valence-electron chi connectivity index (χ1n) is 11.0. The Hall–Kier alpha value is -3.09. The van der Waals surface area contributed by atoms with Crippen LogP contribution in [-0.2, 0) is 17.5 Å². The number of nitrogens with one attached hydrogen (secondary N) is 2. The number of aliphatic hydroxyl groups is 1. The molecule has 1 amide bonds. The minimum absolute atomic E-state index is 0.0785. The van der Waals surface area contributed by atoms with Gasteiger partial charge in [0.25, 0.3) is 5.88 Å². The van der Waals surface area contributed by atoms with E-state index in [1.165, 1.54) is 11.8 Å². The predicted molar refractivity (Wildman–Crippen MR) is 119 cm³/mol. The van der Waals surface area contributed by atoms with Crippen LogP contribution in [0.2, 0.25) is 0 Å². The summed E-state index contributed by atoms with van der Waals surface area (Å²) in [5, 5.41) is 19.7. The highest BCUT2D eigenvalue weighted by atomic mass is 19.4. The standard InChI is InChI=1S/C21H30F3N7O3/c1-20(2,33)13-31-12-15(18(29-31)34-3)27-19-26-11-14(21(22,23)24)17(28-19)25-8-6-10-30-9-5-4-7-16(30)32/h11-12,33H,4-10,13H2,1-3H3,(H2,25,26,27,28). The topological polar surface area (TPSA) is 117 Å². The van der Waals surface area contributed by atoms with E-state index in [1.807, 2.05) is 0 Å². The summed E-state index contributed by atoms with van der Waals surface area (Å²) < 4.78 is 47.1. The number of rotatable bonds is 10. The van der Waals surface area contributed by atoms with Gasteiger partial charge in [0.05, 0.1) is 25.5 Å². The molecule has 1 saturated heterocycles. The van der Waals surface area contributed by atoms with Crippen molar-refractivity contribution in [2.45, 2.75) is 57.9 Å². The zero-order valence-corrected chi connectivity index (χ0v) is 19.4. The molecule has 1 aliphatic heterocycles. The van der Waals surface area contributed by atoms with Crippen LogP contribution >= 0.6 is 0 Å². The number of halogens is 3. The molecule has 3 heterocycles. The molecular weight excluding hydrogens is 455 g/mol. The van der Waals surface area contributed by atoms with Crippen molar-refractivity contribution in [1.29, 1.82) is 0 Å². The van der Waals surface area contributed by atoms with Gasteiger partial charge in [-0.1, -0.05) is 0 Å². The molecule has 2 aromatic rings. The number of nitrogens with zero attached hydrogens (tertiary/aromatic N) is 5. The van der Waals surface area contributed by atoms with Crippen molar-refractivity contribution >= 4 is 23.4 Å². The fourth-order valence-electron chi connectivity index (χ4n) is 3.60. The molecule has 0 radical (unpaired) electrons. The summed E-state index contributed by atoms with van der Waals surface area (Å²) in [7, 11) is 1.40. The number of hydrogen-bond acceptors (Lipinski definition) is 8. The molecule has 188 valence electrons. The first kappa shape index (κ1) is 25.5. The number of carbonyl (C=O) groups is 1. The van der Waals surface area contributed by atoms with Gasteiger partial charge in [0, 0.05) is 32.3 Å². The van der Waals surface area contributed by atoms with Crippen LogP contribution in [0, 0.1) is 0 Å². The first-order valence-corrected chi connectivity index (χ1v) is 11.0. The monoisotopic (exact) mass is 485 g/mol. The summed E-state index contributed by atoms with van der Waals surface area (Å²) in [6.07, 6.45) is 0.420. The highest BCUT2D eigenvalue weighted by molar-refractivity contribution is 5.76. The highest BCUT2D eigenvalue weighted by Crippen LogP contribution is 2.34. The lowest BCUT2D eigenvalue weighted by atomic mass is 10.1. The van der Waals surface area contributed by atoms with Gasteiger partial charge in [-0.25, -0.2) is 4.98 Å². The van der Waals surface area contributed by atoms with Gasteiger partial charge >= 0.3 is 6.18 Å². The quantitative estimate of drug-likeness (QED) is 0.440. The van der Waals surface area contributed by atoms with E-state index in [1.54, 1.807) is 24.9 Å².